The van der Waals surface area contributed by atoms with E-state index in [1.54, 1.807) is 18.2 Å². The Morgan fingerprint density at radius 1 is 1.00 bits per heavy atom. The first kappa shape index (κ1) is 16.8. The summed E-state index contributed by atoms with van der Waals surface area (Å²) in [6, 6.07) is 16.8. The lowest BCUT2D eigenvalue weighted by molar-refractivity contribution is 1.31. The fourth-order valence-electron chi connectivity index (χ4n) is 2.37. The van der Waals surface area contributed by atoms with Crippen LogP contribution in [0, 0.1) is 11.3 Å². The number of nitriles is 1. The minimum Gasteiger partial charge on any atom is -0.383 e. The zero-order valence-electron chi connectivity index (χ0n) is 12.2. The van der Waals surface area contributed by atoms with Crippen molar-refractivity contribution in [3.8, 4) is 28.5 Å². The van der Waals surface area contributed by atoms with Crippen molar-refractivity contribution in [3.63, 3.8) is 0 Å². The molecule has 3 rings (SSSR count). The van der Waals surface area contributed by atoms with Gasteiger partial charge in [0.2, 0.25) is 0 Å². The number of nitrogens with two attached hydrogens (primary N) is 1. The van der Waals surface area contributed by atoms with Gasteiger partial charge in [0.25, 0.3) is 0 Å². The summed E-state index contributed by atoms with van der Waals surface area (Å²) in [6.45, 7) is 0. The van der Waals surface area contributed by atoms with Crippen LogP contribution in [0.5, 0.6) is 0 Å². The van der Waals surface area contributed by atoms with Gasteiger partial charge in [0, 0.05) is 15.6 Å². The van der Waals surface area contributed by atoms with Gasteiger partial charge in [-0.05, 0) is 35.9 Å². The van der Waals surface area contributed by atoms with Crippen molar-refractivity contribution in [1.29, 1.82) is 5.26 Å². The summed E-state index contributed by atoms with van der Waals surface area (Å²) in [5, 5.41) is 10.3. The van der Waals surface area contributed by atoms with Crippen LogP contribution in [0.25, 0.3) is 22.4 Å². The molecule has 0 spiro atoms. The number of anilines is 1. The number of nitrogen functional groups attached to an aromatic ring is 1. The number of hydrogen-bond donors (Lipinski definition) is 1. The van der Waals surface area contributed by atoms with E-state index in [0.717, 1.165) is 15.6 Å². The Morgan fingerprint density at radius 3 is 2.46 bits per heavy atom. The highest BCUT2D eigenvalue weighted by Gasteiger charge is 2.14. The molecule has 0 fully saturated rings. The highest BCUT2D eigenvalue weighted by atomic mass is 79.9. The van der Waals surface area contributed by atoms with E-state index in [1.807, 2.05) is 30.3 Å². The van der Waals surface area contributed by atoms with Crippen LogP contribution in [-0.4, -0.2) is 4.98 Å². The summed E-state index contributed by atoms with van der Waals surface area (Å²) >= 11 is 15.5. The SMILES string of the molecule is N#Cc1c(-c2ccc(Cl)c(Cl)c2)cc(-c2cccc(Br)c2)nc1N. The molecular formula is C18H10BrCl2N3. The van der Waals surface area contributed by atoms with Gasteiger partial charge in [0.05, 0.1) is 15.7 Å². The summed E-state index contributed by atoms with van der Waals surface area (Å²) in [7, 11) is 0. The number of benzene rings is 2. The van der Waals surface area contributed by atoms with Crippen LogP contribution in [0.4, 0.5) is 5.82 Å². The highest BCUT2D eigenvalue weighted by Crippen LogP contribution is 2.34. The van der Waals surface area contributed by atoms with Gasteiger partial charge < -0.3 is 5.73 Å². The topological polar surface area (TPSA) is 62.7 Å². The molecule has 6 heteroatoms. The maximum absolute atomic E-state index is 9.45. The maximum atomic E-state index is 9.45. The van der Waals surface area contributed by atoms with E-state index < -0.39 is 0 Å². The van der Waals surface area contributed by atoms with Crippen LogP contribution in [0.2, 0.25) is 10.0 Å². The minimum absolute atomic E-state index is 0.177. The predicted octanol–water partition coefficient (Wildman–Crippen LogP) is 5.94. The third-order valence-electron chi connectivity index (χ3n) is 3.51. The first-order chi connectivity index (χ1) is 11.5. The van der Waals surface area contributed by atoms with Gasteiger partial charge in [-0.25, -0.2) is 4.98 Å². The minimum atomic E-state index is 0.177. The number of pyridine rings is 1. The molecule has 118 valence electrons. The van der Waals surface area contributed by atoms with E-state index in [4.69, 9.17) is 28.9 Å². The van der Waals surface area contributed by atoms with Crippen molar-refractivity contribution < 1.29 is 0 Å². The van der Waals surface area contributed by atoms with Crippen molar-refractivity contribution in [2.24, 2.45) is 0 Å². The van der Waals surface area contributed by atoms with Gasteiger partial charge in [-0.2, -0.15) is 5.26 Å². The number of aromatic nitrogens is 1. The van der Waals surface area contributed by atoms with E-state index in [2.05, 4.69) is 27.0 Å². The molecule has 0 aliphatic rings. The molecule has 0 saturated carbocycles. The molecule has 0 unspecified atom stereocenters. The molecular weight excluding hydrogens is 409 g/mol. The summed E-state index contributed by atoms with van der Waals surface area (Å²) in [6.07, 6.45) is 0. The van der Waals surface area contributed by atoms with Crippen LogP contribution < -0.4 is 5.73 Å². The van der Waals surface area contributed by atoms with Crippen LogP contribution in [0.3, 0.4) is 0 Å². The van der Waals surface area contributed by atoms with E-state index in [1.165, 1.54) is 0 Å². The summed E-state index contributed by atoms with van der Waals surface area (Å²) in [5.74, 6) is 0.177. The average molecular weight is 419 g/mol. The second kappa shape index (κ2) is 6.82. The second-order valence-corrected chi connectivity index (χ2v) is 6.80. The number of hydrogen-bond acceptors (Lipinski definition) is 3. The lowest BCUT2D eigenvalue weighted by atomic mass is 9.98. The second-order valence-electron chi connectivity index (χ2n) is 5.07. The van der Waals surface area contributed by atoms with E-state index in [-0.39, 0.29) is 5.82 Å². The fraction of sp³-hybridized carbons (Fsp3) is 0. The Bertz CT molecular complexity index is 980. The quantitative estimate of drug-likeness (QED) is 0.560. The van der Waals surface area contributed by atoms with Crippen LogP contribution in [0.15, 0.2) is 53.0 Å². The normalized spacial score (nSPS) is 10.4. The monoisotopic (exact) mass is 417 g/mol. The van der Waals surface area contributed by atoms with Gasteiger partial charge in [-0.3, -0.25) is 0 Å². The van der Waals surface area contributed by atoms with E-state index in [0.29, 0.717) is 26.9 Å². The van der Waals surface area contributed by atoms with Crippen LogP contribution >= 0.6 is 39.1 Å². The van der Waals surface area contributed by atoms with Crippen LogP contribution in [-0.2, 0) is 0 Å². The van der Waals surface area contributed by atoms with Gasteiger partial charge in [-0.1, -0.05) is 57.3 Å². The van der Waals surface area contributed by atoms with Gasteiger partial charge in [-0.15, -0.1) is 0 Å². The predicted molar refractivity (Wildman–Crippen MR) is 102 cm³/mol. The third kappa shape index (κ3) is 3.25. The van der Waals surface area contributed by atoms with Crippen molar-refractivity contribution in [2.45, 2.75) is 0 Å². The largest absolute Gasteiger partial charge is 0.383 e. The Balaban J connectivity index is 2.24. The Morgan fingerprint density at radius 2 is 1.79 bits per heavy atom. The number of halogens is 3. The molecule has 0 aliphatic heterocycles. The molecule has 1 heterocycles. The molecule has 24 heavy (non-hydrogen) atoms. The standard InChI is InChI=1S/C18H10BrCl2N3/c19-12-3-1-2-11(6-12)17-8-13(14(9-22)18(23)24-17)10-4-5-15(20)16(21)7-10/h1-8H,(H2,23,24). The molecule has 0 radical (unpaired) electrons. The molecule has 0 bridgehead atoms. The lowest BCUT2D eigenvalue weighted by Crippen LogP contribution is -1.99. The molecule has 2 N–H and O–H groups in total. The van der Waals surface area contributed by atoms with Crippen molar-refractivity contribution >= 4 is 44.9 Å². The molecule has 0 atom stereocenters. The van der Waals surface area contributed by atoms with Gasteiger partial charge >= 0.3 is 0 Å². The molecule has 1 aromatic heterocycles. The molecule has 2 aromatic carbocycles. The highest BCUT2D eigenvalue weighted by molar-refractivity contribution is 9.10. The molecule has 0 amide bonds. The van der Waals surface area contributed by atoms with Crippen LogP contribution in [0.1, 0.15) is 5.56 Å². The van der Waals surface area contributed by atoms with E-state index >= 15 is 0 Å². The maximum Gasteiger partial charge on any atom is 0.142 e. The molecule has 0 aliphatic carbocycles. The Hall–Kier alpha value is -2.06. The molecule has 3 aromatic rings. The smallest absolute Gasteiger partial charge is 0.142 e. The summed E-state index contributed by atoms with van der Waals surface area (Å²) in [4.78, 5) is 4.36. The number of nitrogens with zero attached hydrogens (tertiary/aromatic N) is 2. The first-order valence-electron chi connectivity index (χ1n) is 6.91. The molecule has 3 nitrogen and oxygen atoms in total. The lowest BCUT2D eigenvalue weighted by Gasteiger charge is -2.11. The van der Waals surface area contributed by atoms with E-state index in [9.17, 15) is 5.26 Å². The average Bonchev–Trinajstić information content (AvgIpc) is 2.56. The summed E-state index contributed by atoms with van der Waals surface area (Å²) in [5.41, 5.74) is 9.31. The van der Waals surface area contributed by atoms with Crippen molar-refractivity contribution in [1.82, 2.24) is 4.98 Å². The molecule has 0 saturated heterocycles. The number of rotatable bonds is 2. The third-order valence-corrected chi connectivity index (χ3v) is 4.74. The zero-order chi connectivity index (χ0) is 17.3. The first-order valence-corrected chi connectivity index (χ1v) is 8.46. The van der Waals surface area contributed by atoms with Crippen molar-refractivity contribution in [2.75, 3.05) is 5.73 Å². The Labute approximate surface area is 157 Å². The Kier molecular flexibility index (Phi) is 4.77. The van der Waals surface area contributed by atoms with Gasteiger partial charge in [0.1, 0.15) is 17.5 Å². The fourth-order valence-corrected chi connectivity index (χ4v) is 3.07. The summed E-state index contributed by atoms with van der Waals surface area (Å²) < 4.78 is 0.931. The zero-order valence-corrected chi connectivity index (χ0v) is 15.3. The van der Waals surface area contributed by atoms with Gasteiger partial charge in [0.15, 0.2) is 0 Å². The van der Waals surface area contributed by atoms with Crippen molar-refractivity contribution in [3.05, 3.63) is 68.6 Å².